The lowest BCUT2D eigenvalue weighted by molar-refractivity contribution is -0.128. The van der Waals surface area contributed by atoms with Crippen LogP contribution in [0, 0.1) is 5.41 Å². The van der Waals surface area contributed by atoms with E-state index in [1.165, 1.54) is 0 Å². The minimum Gasteiger partial charge on any atom is -0.489 e. The number of guanidine groups is 1. The first-order valence-electron chi connectivity index (χ1n) is 7.87. The molecule has 0 aliphatic carbocycles. The van der Waals surface area contributed by atoms with Crippen molar-refractivity contribution in [1.82, 2.24) is 16.0 Å². The second kappa shape index (κ2) is 9.37. The van der Waals surface area contributed by atoms with Crippen LogP contribution < -0.4 is 20.7 Å². The van der Waals surface area contributed by atoms with Gasteiger partial charge in [-0.05, 0) is 45.0 Å². The number of carbonyl (C=O) groups is 1. The minimum absolute atomic E-state index is 0.0232. The number of benzene rings is 1. The van der Waals surface area contributed by atoms with Gasteiger partial charge in [-0.3, -0.25) is 9.79 Å². The quantitative estimate of drug-likeness (QED) is 0.517. The van der Waals surface area contributed by atoms with Crippen molar-refractivity contribution in [3.63, 3.8) is 0 Å². The van der Waals surface area contributed by atoms with Crippen LogP contribution in [0.4, 0.5) is 0 Å². The first-order chi connectivity index (χ1) is 11.3. The zero-order valence-electron chi connectivity index (χ0n) is 14.9. The SMILES string of the molecule is CN=C(NCC(C)Oc1ccc(Cl)cc1)NCC(C)(C)C(=O)NC. The molecule has 0 radical (unpaired) electrons. The summed E-state index contributed by atoms with van der Waals surface area (Å²) in [6.07, 6.45) is -0.0586. The van der Waals surface area contributed by atoms with Gasteiger partial charge in [0.2, 0.25) is 5.91 Å². The van der Waals surface area contributed by atoms with E-state index < -0.39 is 5.41 Å². The molecule has 0 spiro atoms. The summed E-state index contributed by atoms with van der Waals surface area (Å²) in [5.74, 6) is 1.36. The zero-order chi connectivity index (χ0) is 18.2. The molecular weight excluding hydrogens is 328 g/mol. The third kappa shape index (κ3) is 6.66. The standard InChI is InChI=1S/C17H27ClN4O2/c1-12(24-14-8-6-13(18)7-9-14)10-21-16(20-5)22-11-17(2,3)15(23)19-4/h6-9,12H,10-11H2,1-5H3,(H,19,23)(H2,20,21,22). The summed E-state index contributed by atoms with van der Waals surface area (Å²) in [6, 6.07) is 7.24. The van der Waals surface area contributed by atoms with Gasteiger partial charge < -0.3 is 20.7 Å². The maximum Gasteiger partial charge on any atom is 0.227 e. The van der Waals surface area contributed by atoms with Crippen molar-refractivity contribution in [3.05, 3.63) is 29.3 Å². The molecule has 0 bridgehead atoms. The smallest absolute Gasteiger partial charge is 0.227 e. The van der Waals surface area contributed by atoms with E-state index in [1.807, 2.05) is 32.9 Å². The van der Waals surface area contributed by atoms with Gasteiger partial charge in [-0.15, -0.1) is 0 Å². The average molecular weight is 355 g/mol. The molecule has 1 aromatic rings. The molecule has 0 aliphatic rings. The lowest BCUT2D eigenvalue weighted by Gasteiger charge is -2.24. The molecule has 1 amide bonds. The Balaban J connectivity index is 2.43. The number of aliphatic imine (C=N–C) groups is 1. The van der Waals surface area contributed by atoms with Gasteiger partial charge in [0.1, 0.15) is 11.9 Å². The van der Waals surface area contributed by atoms with Crippen molar-refractivity contribution in [1.29, 1.82) is 0 Å². The second-order valence-corrected chi connectivity index (χ2v) is 6.59. The molecule has 0 fully saturated rings. The van der Waals surface area contributed by atoms with Crippen molar-refractivity contribution < 1.29 is 9.53 Å². The number of ether oxygens (including phenoxy) is 1. The fourth-order valence-corrected chi connectivity index (χ4v) is 2.10. The lowest BCUT2D eigenvalue weighted by Crippen LogP contribution is -2.48. The molecule has 7 heteroatoms. The Morgan fingerprint density at radius 3 is 2.46 bits per heavy atom. The molecule has 0 aromatic heterocycles. The number of hydrogen-bond donors (Lipinski definition) is 3. The number of halogens is 1. The van der Waals surface area contributed by atoms with Crippen molar-refractivity contribution in [2.24, 2.45) is 10.4 Å². The molecule has 6 nitrogen and oxygen atoms in total. The minimum atomic E-state index is -0.530. The van der Waals surface area contributed by atoms with Crippen LogP contribution in [0.15, 0.2) is 29.3 Å². The Kier molecular flexibility index (Phi) is 7.85. The number of amides is 1. The van der Waals surface area contributed by atoms with Crippen LogP contribution >= 0.6 is 11.6 Å². The van der Waals surface area contributed by atoms with E-state index >= 15 is 0 Å². The molecule has 1 aromatic carbocycles. The van der Waals surface area contributed by atoms with Crippen LogP contribution in [0.5, 0.6) is 5.75 Å². The fraction of sp³-hybridized carbons (Fsp3) is 0.529. The molecular formula is C17H27ClN4O2. The molecule has 134 valence electrons. The van der Waals surface area contributed by atoms with Crippen LogP contribution in [0.2, 0.25) is 5.02 Å². The normalized spacial score (nSPS) is 13.2. The fourth-order valence-electron chi connectivity index (χ4n) is 1.97. The van der Waals surface area contributed by atoms with Crippen LogP contribution in [0.1, 0.15) is 20.8 Å². The van der Waals surface area contributed by atoms with E-state index in [2.05, 4.69) is 20.9 Å². The van der Waals surface area contributed by atoms with Crippen LogP contribution in [-0.2, 0) is 4.79 Å². The maximum atomic E-state index is 11.8. The number of nitrogens with zero attached hydrogens (tertiary/aromatic N) is 1. The third-order valence-corrected chi connectivity index (χ3v) is 3.72. The zero-order valence-corrected chi connectivity index (χ0v) is 15.7. The summed E-state index contributed by atoms with van der Waals surface area (Å²) >= 11 is 5.85. The van der Waals surface area contributed by atoms with Crippen LogP contribution in [-0.4, -0.2) is 45.2 Å². The summed E-state index contributed by atoms with van der Waals surface area (Å²) in [4.78, 5) is 15.9. The summed E-state index contributed by atoms with van der Waals surface area (Å²) in [6.45, 7) is 6.75. The molecule has 1 rings (SSSR count). The van der Waals surface area contributed by atoms with E-state index in [0.29, 0.717) is 24.1 Å². The van der Waals surface area contributed by atoms with Gasteiger partial charge in [-0.1, -0.05) is 11.6 Å². The van der Waals surface area contributed by atoms with E-state index in [4.69, 9.17) is 16.3 Å². The van der Waals surface area contributed by atoms with Gasteiger partial charge in [0.05, 0.1) is 12.0 Å². The highest BCUT2D eigenvalue weighted by atomic mass is 35.5. The number of carbonyl (C=O) groups excluding carboxylic acids is 1. The highest BCUT2D eigenvalue weighted by Gasteiger charge is 2.26. The average Bonchev–Trinajstić information content (AvgIpc) is 2.56. The Morgan fingerprint density at radius 1 is 1.29 bits per heavy atom. The first-order valence-corrected chi connectivity index (χ1v) is 8.25. The third-order valence-electron chi connectivity index (χ3n) is 3.47. The largest absolute Gasteiger partial charge is 0.489 e. The topological polar surface area (TPSA) is 74.8 Å². The highest BCUT2D eigenvalue weighted by Crippen LogP contribution is 2.16. The van der Waals surface area contributed by atoms with Gasteiger partial charge in [0.15, 0.2) is 5.96 Å². The number of hydrogen-bond acceptors (Lipinski definition) is 3. The van der Waals surface area contributed by atoms with Crippen molar-refractivity contribution in [3.8, 4) is 5.75 Å². The Hall–Kier alpha value is -1.95. The summed E-state index contributed by atoms with van der Waals surface area (Å²) in [5.41, 5.74) is -0.530. The van der Waals surface area contributed by atoms with Crippen LogP contribution in [0.25, 0.3) is 0 Å². The molecule has 0 heterocycles. The lowest BCUT2D eigenvalue weighted by atomic mass is 9.92. The molecule has 1 atom stereocenters. The van der Waals surface area contributed by atoms with Crippen molar-refractivity contribution >= 4 is 23.5 Å². The van der Waals surface area contributed by atoms with E-state index in [0.717, 1.165) is 5.75 Å². The predicted octanol–water partition coefficient (Wildman–Crippen LogP) is 2.04. The molecule has 0 aliphatic heterocycles. The van der Waals surface area contributed by atoms with Crippen LogP contribution in [0.3, 0.4) is 0 Å². The highest BCUT2D eigenvalue weighted by molar-refractivity contribution is 6.30. The van der Waals surface area contributed by atoms with Gasteiger partial charge in [0.25, 0.3) is 0 Å². The van der Waals surface area contributed by atoms with Gasteiger partial charge in [-0.2, -0.15) is 0 Å². The Morgan fingerprint density at radius 2 is 1.92 bits per heavy atom. The maximum absolute atomic E-state index is 11.8. The molecule has 0 saturated carbocycles. The molecule has 0 saturated heterocycles. The second-order valence-electron chi connectivity index (χ2n) is 6.15. The Bertz CT molecular complexity index is 558. The molecule has 3 N–H and O–H groups in total. The predicted molar refractivity (Wildman–Crippen MR) is 98.8 cm³/mol. The van der Waals surface area contributed by atoms with E-state index in [1.54, 1.807) is 26.2 Å². The number of nitrogens with one attached hydrogen (secondary N) is 3. The monoisotopic (exact) mass is 354 g/mol. The number of rotatable bonds is 7. The van der Waals surface area contributed by atoms with Crippen molar-refractivity contribution in [2.75, 3.05) is 27.2 Å². The molecule has 24 heavy (non-hydrogen) atoms. The van der Waals surface area contributed by atoms with Gasteiger partial charge in [0, 0.05) is 25.7 Å². The Labute approximate surface area is 149 Å². The van der Waals surface area contributed by atoms with Gasteiger partial charge in [-0.25, -0.2) is 0 Å². The molecule has 1 unspecified atom stereocenters. The summed E-state index contributed by atoms with van der Waals surface area (Å²) in [5, 5.41) is 9.68. The summed E-state index contributed by atoms with van der Waals surface area (Å²) < 4.78 is 5.80. The van der Waals surface area contributed by atoms with Crippen molar-refractivity contribution in [2.45, 2.75) is 26.9 Å². The van der Waals surface area contributed by atoms with E-state index in [-0.39, 0.29) is 12.0 Å². The van der Waals surface area contributed by atoms with Gasteiger partial charge >= 0.3 is 0 Å². The summed E-state index contributed by atoms with van der Waals surface area (Å²) in [7, 11) is 3.32. The van der Waals surface area contributed by atoms with E-state index in [9.17, 15) is 4.79 Å². The first kappa shape index (κ1) is 20.1.